The summed E-state index contributed by atoms with van der Waals surface area (Å²) in [5, 5.41) is 9.74. The van der Waals surface area contributed by atoms with Crippen molar-refractivity contribution in [1.82, 2.24) is 4.90 Å². The van der Waals surface area contributed by atoms with Crippen LogP contribution in [0.5, 0.6) is 5.75 Å². The SMILES string of the molecule is NCCCC1CCCN1C(=O)c1ccccc1O. The molecule has 1 saturated heterocycles. The number of benzene rings is 1. The molecule has 98 valence electrons. The first-order chi connectivity index (χ1) is 8.74. The number of nitrogens with zero attached hydrogens (tertiary/aromatic N) is 1. The van der Waals surface area contributed by atoms with Gasteiger partial charge in [-0.2, -0.15) is 0 Å². The van der Waals surface area contributed by atoms with E-state index in [9.17, 15) is 9.90 Å². The lowest BCUT2D eigenvalue weighted by Crippen LogP contribution is -2.35. The molecular formula is C14H20N2O2. The molecule has 3 N–H and O–H groups in total. The van der Waals surface area contributed by atoms with Crippen LogP contribution in [0.3, 0.4) is 0 Å². The van der Waals surface area contributed by atoms with Gasteiger partial charge in [0.15, 0.2) is 0 Å². The Balaban J connectivity index is 2.10. The van der Waals surface area contributed by atoms with Crippen molar-refractivity contribution in [3.63, 3.8) is 0 Å². The van der Waals surface area contributed by atoms with Gasteiger partial charge in [-0.3, -0.25) is 4.79 Å². The Hall–Kier alpha value is -1.55. The quantitative estimate of drug-likeness (QED) is 0.853. The second-order valence-electron chi connectivity index (χ2n) is 4.74. The molecule has 18 heavy (non-hydrogen) atoms. The van der Waals surface area contributed by atoms with Gasteiger partial charge in [0.05, 0.1) is 5.56 Å². The molecule has 0 saturated carbocycles. The average molecular weight is 248 g/mol. The van der Waals surface area contributed by atoms with Crippen LogP contribution in [0, 0.1) is 0 Å². The highest BCUT2D eigenvalue weighted by atomic mass is 16.3. The van der Waals surface area contributed by atoms with Gasteiger partial charge in [-0.25, -0.2) is 0 Å². The van der Waals surface area contributed by atoms with Gasteiger partial charge < -0.3 is 15.7 Å². The van der Waals surface area contributed by atoms with Gasteiger partial charge in [-0.05, 0) is 44.4 Å². The molecule has 0 spiro atoms. The Morgan fingerprint density at radius 1 is 1.44 bits per heavy atom. The number of amides is 1. The smallest absolute Gasteiger partial charge is 0.257 e. The second-order valence-corrected chi connectivity index (χ2v) is 4.74. The molecule has 1 amide bonds. The van der Waals surface area contributed by atoms with E-state index in [1.807, 2.05) is 4.90 Å². The van der Waals surface area contributed by atoms with Gasteiger partial charge in [0.25, 0.3) is 5.91 Å². The number of para-hydroxylation sites is 1. The van der Waals surface area contributed by atoms with Crippen LogP contribution in [0.2, 0.25) is 0 Å². The fourth-order valence-electron chi connectivity index (χ4n) is 2.57. The Morgan fingerprint density at radius 3 is 2.94 bits per heavy atom. The summed E-state index contributed by atoms with van der Waals surface area (Å²) >= 11 is 0. The maximum atomic E-state index is 12.4. The molecule has 1 atom stereocenters. The second kappa shape index (κ2) is 5.87. The molecule has 1 aromatic carbocycles. The molecule has 0 aromatic heterocycles. The summed E-state index contributed by atoms with van der Waals surface area (Å²) < 4.78 is 0. The molecule has 1 aliphatic heterocycles. The molecule has 1 unspecified atom stereocenters. The van der Waals surface area contributed by atoms with E-state index < -0.39 is 0 Å². The number of hydrogen-bond acceptors (Lipinski definition) is 3. The molecule has 1 aliphatic rings. The fraction of sp³-hybridized carbons (Fsp3) is 0.500. The molecular weight excluding hydrogens is 228 g/mol. The first kappa shape index (κ1) is 12.9. The maximum absolute atomic E-state index is 12.4. The van der Waals surface area contributed by atoms with Crippen LogP contribution in [-0.4, -0.2) is 35.0 Å². The topological polar surface area (TPSA) is 66.6 Å². The normalized spacial score (nSPS) is 19.2. The van der Waals surface area contributed by atoms with E-state index in [1.165, 1.54) is 0 Å². The molecule has 0 aliphatic carbocycles. The number of aromatic hydroxyl groups is 1. The zero-order valence-electron chi connectivity index (χ0n) is 10.5. The summed E-state index contributed by atoms with van der Waals surface area (Å²) in [6.07, 6.45) is 3.97. The van der Waals surface area contributed by atoms with Crippen molar-refractivity contribution in [1.29, 1.82) is 0 Å². The standard InChI is InChI=1S/C14H20N2O2/c15-9-3-5-11-6-4-10-16(11)14(18)12-7-1-2-8-13(12)17/h1-2,7-8,11,17H,3-6,9-10,15H2. The summed E-state index contributed by atoms with van der Waals surface area (Å²) in [5.74, 6) is -0.000374. The largest absolute Gasteiger partial charge is 0.507 e. The third-order valence-corrected chi connectivity index (χ3v) is 3.51. The number of nitrogens with two attached hydrogens (primary N) is 1. The number of likely N-dealkylation sites (tertiary alicyclic amines) is 1. The predicted molar refractivity (Wildman–Crippen MR) is 70.5 cm³/mol. The monoisotopic (exact) mass is 248 g/mol. The van der Waals surface area contributed by atoms with E-state index in [1.54, 1.807) is 24.3 Å². The van der Waals surface area contributed by atoms with E-state index in [-0.39, 0.29) is 17.7 Å². The summed E-state index contributed by atoms with van der Waals surface area (Å²) in [6.45, 7) is 1.44. The van der Waals surface area contributed by atoms with Crippen molar-refractivity contribution < 1.29 is 9.90 Å². The van der Waals surface area contributed by atoms with E-state index >= 15 is 0 Å². The summed E-state index contributed by atoms with van der Waals surface area (Å²) in [6, 6.07) is 7.01. The van der Waals surface area contributed by atoms with Gasteiger partial charge in [0, 0.05) is 12.6 Å². The van der Waals surface area contributed by atoms with Crippen LogP contribution in [0.4, 0.5) is 0 Å². The van der Waals surface area contributed by atoms with E-state index in [4.69, 9.17) is 5.73 Å². The maximum Gasteiger partial charge on any atom is 0.257 e. The minimum atomic E-state index is -0.0624. The van der Waals surface area contributed by atoms with Crippen LogP contribution in [0.25, 0.3) is 0 Å². The number of carbonyl (C=O) groups excluding carboxylic acids is 1. The number of phenols is 1. The van der Waals surface area contributed by atoms with Gasteiger partial charge in [0.1, 0.15) is 5.75 Å². The summed E-state index contributed by atoms with van der Waals surface area (Å²) in [5.41, 5.74) is 5.92. The summed E-state index contributed by atoms with van der Waals surface area (Å²) in [4.78, 5) is 14.3. The first-order valence-corrected chi connectivity index (χ1v) is 6.53. The predicted octanol–water partition coefficient (Wildman–Crippen LogP) is 1.74. The fourth-order valence-corrected chi connectivity index (χ4v) is 2.57. The highest BCUT2D eigenvalue weighted by Crippen LogP contribution is 2.26. The van der Waals surface area contributed by atoms with E-state index in [2.05, 4.69) is 0 Å². The molecule has 1 heterocycles. The van der Waals surface area contributed by atoms with E-state index in [0.717, 1.165) is 32.2 Å². The molecule has 0 radical (unpaired) electrons. The minimum Gasteiger partial charge on any atom is -0.507 e. The van der Waals surface area contributed by atoms with Crippen molar-refractivity contribution >= 4 is 5.91 Å². The van der Waals surface area contributed by atoms with Crippen LogP contribution in [-0.2, 0) is 0 Å². The Morgan fingerprint density at radius 2 is 2.22 bits per heavy atom. The molecule has 0 bridgehead atoms. The lowest BCUT2D eigenvalue weighted by Gasteiger charge is -2.25. The van der Waals surface area contributed by atoms with Gasteiger partial charge in [-0.15, -0.1) is 0 Å². The Kier molecular flexibility index (Phi) is 4.20. The molecule has 1 fully saturated rings. The van der Waals surface area contributed by atoms with Crippen LogP contribution in [0.15, 0.2) is 24.3 Å². The zero-order valence-corrected chi connectivity index (χ0v) is 10.5. The lowest BCUT2D eigenvalue weighted by molar-refractivity contribution is 0.0726. The number of rotatable bonds is 4. The number of phenolic OH excluding ortho intramolecular Hbond substituents is 1. The molecule has 4 nitrogen and oxygen atoms in total. The average Bonchev–Trinajstić information content (AvgIpc) is 2.84. The van der Waals surface area contributed by atoms with Crippen molar-refractivity contribution in [2.24, 2.45) is 5.73 Å². The molecule has 1 aromatic rings. The van der Waals surface area contributed by atoms with Gasteiger partial charge >= 0.3 is 0 Å². The summed E-state index contributed by atoms with van der Waals surface area (Å²) in [7, 11) is 0. The Bertz CT molecular complexity index is 420. The third kappa shape index (κ3) is 2.64. The Labute approximate surface area is 107 Å². The van der Waals surface area contributed by atoms with Crippen molar-refractivity contribution in [2.45, 2.75) is 31.7 Å². The van der Waals surface area contributed by atoms with Crippen LogP contribution < -0.4 is 5.73 Å². The van der Waals surface area contributed by atoms with Crippen LogP contribution >= 0.6 is 0 Å². The highest BCUT2D eigenvalue weighted by molar-refractivity contribution is 5.97. The highest BCUT2D eigenvalue weighted by Gasteiger charge is 2.29. The van der Waals surface area contributed by atoms with Crippen molar-refractivity contribution in [2.75, 3.05) is 13.1 Å². The van der Waals surface area contributed by atoms with Gasteiger partial charge in [0.2, 0.25) is 0 Å². The number of carbonyl (C=O) groups is 1. The lowest BCUT2D eigenvalue weighted by atomic mass is 10.1. The van der Waals surface area contributed by atoms with Crippen molar-refractivity contribution in [3.8, 4) is 5.75 Å². The molecule has 4 heteroatoms. The zero-order chi connectivity index (χ0) is 13.0. The third-order valence-electron chi connectivity index (χ3n) is 3.51. The number of hydrogen-bond donors (Lipinski definition) is 2. The van der Waals surface area contributed by atoms with Crippen molar-refractivity contribution in [3.05, 3.63) is 29.8 Å². The van der Waals surface area contributed by atoms with Crippen LogP contribution in [0.1, 0.15) is 36.0 Å². The minimum absolute atomic E-state index is 0.0620. The van der Waals surface area contributed by atoms with E-state index in [0.29, 0.717) is 12.1 Å². The first-order valence-electron chi connectivity index (χ1n) is 6.53. The van der Waals surface area contributed by atoms with Gasteiger partial charge in [-0.1, -0.05) is 12.1 Å². The molecule has 2 rings (SSSR count).